The average Bonchev–Trinajstić information content (AvgIpc) is 3.66. The summed E-state index contributed by atoms with van der Waals surface area (Å²) < 4.78 is 15.3. The fourth-order valence-corrected chi connectivity index (χ4v) is 4.23. The van der Waals surface area contributed by atoms with E-state index in [0.717, 1.165) is 0 Å². The lowest BCUT2D eigenvalue weighted by molar-refractivity contribution is -0.139. The minimum Gasteiger partial charge on any atom is -0.447 e. The molecule has 0 aromatic rings. The highest BCUT2D eigenvalue weighted by Gasteiger charge is 2.37. The third-order valence-corrected chi connectivity index (χ3v) is 7.27. The van der Waals surface area contributed by atoms with Gasteiger partial charge in [-0.2, -0.15) is 0 Å². The number of carbonyl (C=O) groups excluding carboxylic acids is 5. The Bertz CT molecular complexity index is 3450. The Morgan fingerprint density at radius 2 is 0.877 bits per heavy atom. The van der Waals surface area contributed by atoms with E-state index in [1.54, 1.807) is 6.92 Å². The van der Waals surface area contributed by atoms with Gasteiger partial charge >= 0.3 is 6.09 Å². The summed E-state index contributed by atoms with van der Waals surface area (Å²) >= 11 is 0. The van der Waals surface area contributed by atoms with Crippen molar-refractivity contribution in [2.24, 2.45) is 5.92 Å². The van der Waals surface area contributed by atoms with E-state index in [1.807, 2.05) is 0 Å². The van der Waals surface area contributed by atoms with Gasteiger partial charge < -0.3 is 30.2 Å². The van der Waals surface area contributed by atoms with Gasteiger partial charge in [0.25, 0.3) is 0 Å². The number of hydrogen-bond donors (Lipinski definition) is 3. The number of nitrogens with zero attached hydrogens (tertiary/aromatic N) is 1. The molecule has 12 nitrogen and oxygen atoms in total. The van der Waals surface area contributed by atoms with Crippen LogP contribution in [0.15, 0.2) is 0 Å². The summed E-state index contributed by atoms with van der Waals surface area (Å²) in [4.78, 5) is 61.0. The number of amides is 5. The highest BCUT2D eigenvalue weighted by Crippen LogP contribution is 2.19. The van der Waals surface area contributed by atoms with E-state index in [4.69, 9.17) is 14.2 Å². The Kier molecular flexibility index (Phi) is 37.2. The molecule has 1 aliphatic heterocycles. The van der Waals surface area contributed by atoms with Crippen LogP contribution in [-0.4, -0.2) is 94.3 Å². The summed E-state index contributed by atoms with van der Waals surface area (Å²) in [7, 11) is 1.49. The first-order chi connectivity index (χ1) is 35.9. The molecule has 0 aliphatic carbocycles. The van der Waals surface area contributed by atoms with Crippen molar-refractivity contribution >= 4 is 29.7 Å². The van der Waals surface area contributed by atoms with Crippen molar-refractivity contribution in [3.63, 3.8) is 0 Å². The molecule has 1 heterocycles. The second kappa shape index (κ2) is 45.6. The van der Waals surface area contributed by atoms with Crippen LogP contribution in [0, 0.1) is 243 Å². The van der Waals surface area contributed by atoms with Gasteiger partial charge in [0.05, 0.1) is 19.8 Å². The van der Waals surface area contributed by atoms with Gasteiger partial charge in [0.2, 0.25) is 23.6 Å². The number of imide groups is 1. The minimum atomic E-state index is -0.779. The van der Waals surface area contributed by atoms with E-state index in [1.165, 1.54) is 11.9 Å². The highest BCUT2D eigenvalue weighted by atomic mass is 16.6. The Labute approximate surface area is 428 Å². The van der Waals surface area contributed by atoms with Crippen LogP contribution >= 0.6 is 0 Å². The quantitative estimate of drug-likeness (QED) is 0.102. The topological polar surface area (TPSA) is 152 Å². The van der Waals surface area contributed by atoms with Crippen LogP contribution in [0.5, 0.6) is 0 Å². The number of likely N-dealkylation sites (N-methyl/N-ethyl adjacent to an activating group) is 1. The normalized spacial score (nSPS) is 9.18. The fraction of sp³-hybridized carbons (Fsp3) is 0.262. The van der Waals surface area contributed by atoms with E-state index < -0.39 is 12.0 Å². The van der Waals surface area contributed by atoms with Gasteiger partial charge in [0.15, 0.2) is 0 Å². The van der Waals surface area contributed by atoms with Crippen molar-refractivity contribution < 1.29 is 38.2 Å². The molecule has 1 aliphatic rings. The summed E-state index contributed by atoms with van der Waals surface area (Å²) in [5.74, 6) is 98.5. The third kappa shape index (κ3) is 38.3. The fourth-order valence-electron chi connectivity index (χ4n) is 4.23. The predicted octanol–water partition coefficient (Wildman–Crippen LogP) is -0.369. The average molecular weight is 953 g/mol. The molecule has 0 spiro atoms. The number of ether oxygens (including phenoxy) is 3. The second-order valence-electron chi connectivity index (χ2n) is 12.3. The number of nitrogens with one attached hydrogen (secondary N) is 3. The summed E-state index contributed by atoms with van der Waals surface area (Å²) in [5.41, 5.74) is 0. The third-order valence-electron chi connectivity index (χ3n) is 7.27. The molecule has 1 fully saturated rings. The van der Waals surface area contributed by atoms with Gasteiger partial charge in [-0.1, -0.05) is 18.3 Å². The monoisotopic (exact) mass is 952 g/mol. The van der Waals surface area contributed by atoms with E-state index in [-0.39, 0.29) is 89.1 Å². The van der Waals surface area contributed by atoms with Crippen LogP contribution in [0.1, 0.15) is 39.0 Å². The van der Waals surface area contributed by atoms with Crippen LogP contribution in [0.4, 0.5) is 4.79 Å². The lowest BCUT2D eigenvalue weighted by atomic mass is 10.1. The van der Waals surface area contributed by atoms with Crippen molar-refractivity contribution in [1.82, 2.24) is 20.9 Å². The first-order valence-corrected chi connectivity index (χ1v) is 21.2. The van der Waals surface area contributed by atoms with Crippen molar-refractivity contribution in [3.05, 3.63) is 0 Å². The standard InChI is InChI=1S/C61H36N4O8/c1-3-4-5-6-7-8-9-10-11-12-13-14-15-16-17-18-19-20-21-22-23-24-25-26-27-28-29-30-31-32-33-34-35-36-37-38-39-40-42-45-56-54-59(68)65(60(56)69)49-44-41-43-46-57(66)63-47-50-71-52-53-73-61(70)64-48-51-72-55-58(67)62-2/h56H,41,43-44,46-55H2,1-2H3,(H,62,67)(H,63,66)(H,64,70). The number of unbranched alkanes of at least 4 members (excludes halogenated alkanes) is 2. The molecular formula is C61H36N4O8. The molecule has 12 heteroatoms. The van der Waals surface area contributed by atoms with Crippen LogP contribution in [0.2, 0.25) is 0 Å². The van der Waals surface area contributed by atoms with Gasteiger partial charge in [-0.25, -0.2) is 4.79 Å². The molecule has 1 rings (SSSR count). The number of likely N-dealkylation sites (tertiary alicyclic amines) is 1. The molecule has 73 heavy (non-hydrogen) atoms. The zero-order valence-corrected chi connectivity index (χ0v) is 39.5. The van der Waals surface area contributed by atoms with Crippen LogP contribution < -0.4 is 16.0 Å². The second-order valence-corrected chi connectivity index (χ2v) is 12.3. The van der Waals surface area contributed by atoms with Crippen LogP contribution in [-0.2, 0) is 33.4 Å². The zero-order chi connectivity index (χ0) is 52.8. The molecule has 1 atom stereocenters. The minimum absolute atomic E-state index is 0.0244. The molecule has 3 N–H and O–H groups in total. The maximum atomic E-state index is 12.7. The van der Waals surface area contributed by atoms with Gasteiger partial charge in [0, 0.05) is 170 Å². The Morgan fingerprint density at radius 1 is 0.479 bits per heavy atom. The summed E-state index contributed by atoms with van der Waals surface area (Å²) in [6.07, 6.45) is 1.37. The maximum Gasteiger partial charge on any atom is 0.407 e. The first-order valence-electron chi connectivity index (χ1n) is 21.2. The zero-order valence-electron chi connectivity index (χ0n) is 39.5. The predicted molar refractivity (Wildman–Crippen MR) is 273 cm³/mol. The number of rotatable bonds is 17. The summed E-state index contributed by atoms with van der Waals surface area (Å²) in [6.45, 7) is 2.86. The number of alkyl carbamates (subject to hydrolysis) is 1. The molecule has 0 aromatic carbocycles. The number of carbonyl (C=O) groups is 5. The molecule has 1 saturated heterocycles. The summed E-state index contributed by atoms with van der Waals surface area (Å²) in [5, 5.41) is 7.62. The highest BCUT2D eigenvalue weighted by molar-refractivity contribution is 6.05. The molecule has 1 unspecified atom stereocenters. The van der Waals surface area contributed by atoms with Gasteiger partial charge in [0.1, 0.15) is 19.1 Å². The van der Waals surface area contributed by atoms with E-state index in [0.29, 0.717) is 19.3 Å². The molecule has 0 aromatic heterocycles. The van der Waals surface area contributed by atoms with E-state index in [2.05, 4.69) is 253 Å². The van der Waals surface area contributed by atoms with Crippen LogP contribution in [0.3, 0.4) is 0 Å². The van der Waals surface area contributed by atoms with Crippen molar-refractivity contribution in [1.29, 1.82) is 0 Å². The van der Waals surface area contributed by atoms with Crippen molar-refractivity contribution in [3.8, 4) is 237 Å². The Morgan fingerprint density at radius 3 is 1.30 bits per heavy atom. The van der Waals surface area contributed by atoms with Gasteiger partial charge in [-0.15, -0.1) is 0 Å². The van der Waals surface area contributed by atoms with E-state index >= 15 is 0 Å². The van der Waals surface area contributed by atoms with E-state index in [9.17, 15) is 24.0 Å². The van der Waals surface area contributed by atoms with Crippen molar-refractivity contribution in [2.45, 2.75) is 39.0 Å². The maximum absolute atomic E-state index is 12.7. The van der Waals surface area contributed by atoms with Crippen molar-refractivity contribution in [2.75, 3.05) is 59.7 Å². The molecule has 0 bridgehead atoms. The molecule has 0 radical (unpaired) electrons. The molecule has 0 saturated carbocycles. The summed E-state index contributed by atoms with van der Waals surface area (Å²) in [6, 6.07) is 0. The molecule has 348 valence electrons. The SMILES string of the molecule is CC#CC#CC#CC#CC#CC#CC#CC#CC#CC#CC#CC#CC#CC#CC#CC#CC#CC#CC#CC#CC1CC(=O)N(CCCCCC(=O)NCCOCCOC(=O)NCCOCC(=O)NC)C1=O. The van der Waals surface area contributed by atoms with Gasteiger partial charge in [-0.3, -0.25) is 24.1 Å². The molecule has 5 amide bonds. The Balaban J connectivity index is 2.28. The first kappa shape index (κ1) is 59.5. The number of hydrogen-bond acceptors (Lipinski definition) is 8. The largest absolute Gasteiger partial charge is 0.447 e. The smallest absolute Gasteiger partial charge is 0.407 e. The van der Waals surface area contributed by atoms with Crippen LogP contribution in [0.25, 0.3) is 0 Å². The Hall–Kier alpha value is -11.5. The van der Waals surface area contributed by atoms with Gasteiger partial charge in [-0.05, 0) is 114 Å². The lowest BCUT2D eigenvalue weighted by Crippen LogP contribution is -2.31. The lowest BCUT2D eigenvalue weighted by Gasteiger charge is -2.13. The molecular weight excluding hydrogens is 917 g/mol.